The zero-order valence-corrected chi connectivity index (χ0v) is 15.3. The van der Waals surface area contributed by atoms with Crippen LogP contribution in [0.3, 0.4) is 0 Å². The normalized spacial score (nSPS) is 10.1. The molecule has 0 aliphatic carbocycles. The van der Waals surface area contributed by atoms with Gasteiger partial charge >= 0.3 is 0 Å². The second-order valence-electron chi connectivity index (χ2n) is 5.69. The van der Waals surface area contributed by atoms with Crippen LogP contribution in [0.25, 0.3) is 0 Å². The van der Waals surface area contributed by atoms with Crippen molar-refractivity contribution in [2.45, 2.75) is 0 Å². The van der Waals surface area contributed by atoms with E-state index >= 15 is 0 Å². The van der Waals surface area contributed by atoms with E-state index in [-0.39, 0.29) is 11.8 Å². The van der Waals surface area contributed by atoms with Crippen LogP contribution in [0.4, 0.5) is 11.4 Å². The van der Waals surface area contributed by atoms with Crippen molar-refractivity contribution in [3.63, 3.8) is 0 Å². The Balaban J connectivity index is 1.78. The molecule has 2 amide bonds. The van der Waals surface area contributed by atoms with Crippen LogP contribution in [0.1, 0.15) is 20.7 Å². The summed E-state index contributed by atoms with van der Waals surface area (Å²) in [7, 11) is 1.58. The lowest BCUT2D eigenvalue weighted by molar-refractivity contribution is 0.102. The maximum atomic E-state index is 12.6. The molecule has 0 aromatic heterocycles. The van der Waals surface area contributed by atoms with Crippen LogP contribution in [0, 0.1) is 0 Å². The summed E-state index contributed by atoms with van der Waals surface area (Å²) < 4.78 is 5.10. The molecule has 0 unspecified atom stereocenters. The first-order valence-corrected chi connectivity index (χ1v) is 8.56. The van der Waals surface area contributed by atoms with E-state index in [1.165, 1.54) is 0 Å². The van der Waals surface area contributed by atoms with Crippen molar-refractivity contribution in [2.24, 2.45) is 0 Å². The van der Waals surface area contributed by atoms with Crippen LogP contribution >= 0.6 is 11.6 Å². The van der Waals surface area contributed by atoms with Crippen LogP contribution in [0.2, 0.25) is 5.02 Å². The lowest BCUT2D eigenvalue weighted by atomic mass is 10.1. The molecular formula is C21H17ClN2O3. The van der Waals surface area contributed by atoms with Crippen molar-refractivity contribution >= 4 is 34.8 Å². The molecule has 5 nitrogen and oxygen atoms in total. The molecule has 0 radical (unpaired) electrons. The maximum Gasteiger partial charge on any atom is 0.257 e. The quantitative estimate of drug-likeness (QED) is 0.664. The van der Waals surface area contributed by atoms with Gasteiger partial charge in [-0.25, -0.2) is 0 Å². The number of halogens is 1. The van der Waals surface area contributed by atoms with E-state index in [0.717, 1.165) is 0 Å². The Hall–Kier alpha value is -3.31. The lowest BCUT2D eigenvalue weighted by Gasteiger charge is -2.12. The van der Waals surface area contributed by atoms with E-state index < -0.39 is 0 Å². The molecule has 0 saturated heterocycles. The summed E-state index contributed by atoms with van der Waals surface area (Å²) in [5.74, 6) is 0.0199. The van der Waals surface area contributed by atoms with Crippen molar-refractivity contribution in [3.05, 3.63) is 88.9 Å². The summed E-state index contributed by atoms with van der Waals surface area (Å²) in [6.07, 6.45) is 0. The average molecular weight is 381 g/mol. The largest absolute Gasteiger partial charge is 0.497 e. The molecule has 0 aliphatic heterocycles. The summed E-state index contributed by atoms with van der Waals surface area (Å²) in [5.41, 5.74) is 1.79. The molecule has 136 valence electrons. The molecule has 0 aliphatic rings. The number of carbonyl (C=O) groups excluding carboxylic acids is 2. The maximum absolute atomic E-state index is 12.6. The molecule has 0 atom stereocenters. The van der Waals surface area contributed by atoms with E-state index in [1.54, 1.807) is 79.9 Å². The number of carbonyl (C=O) groups is 2. The van der Waals surface area contributed by atoms with Crippen molar-refractivity contribution in [2.75, 3.05) is 17.7 Å². The number of rotatable bonds is 5. The molecule has 0 heterocycles. The molecule has 6 heteroatoms. The summed E-state index contributed by atoms with van der Waals surface area (Å²) in [6.45, 7) is 0. The molecule has 3 aromatic rings. The number of benzene rings is 3. The monoisotopic (exact) mass is 380 g/mol. The van der Waals surface area contributed by atoms with Gasteiger partial charge in [0.1, 0.15) is 5.75 Å². The highest BCUT2D eigenvalue weighted by atomic mass is 35.5. The molecule has 0 spiro atoms. The van der Waals surface area contributed by atoms with Gasteiger partial charge in [-0.15, -0.1) is 0 Å². The zero-order chi connectivity index (χ0) is 19.2. The van der Waals surface area contributed by atoms with Crippen molar-refractivity contribution in [1.29, 1.82) is 0 Å². The number of amides is 2. The third-order valence-electron chi connectivity index (χ3n) is 3.85. The fourth-order valence-electron chi connectivity index (χ4n) is 2.49. The number of anilines is 2. The van der Waals surface area contributed by atoms with Gasteiger partial charge in [-0.3, -0.25) is 9.59 Å². The fourth-order valence-corrected chi connectivity index (χ4v) is 2.68. The van der Waals surface area contributed by atoms with Gasteiger partial charge in [0, 0.05) is 16.3 Å². The van der Waals surface area contributed by atoms with Crippen LogP contribution in [-0.2, 0) is 0 Å². The third kappa shape index (κ3) is 4.65. The van der Waals surface area contributed by atoms with E-state index in [2.05, 4.69) is 10.6 Å². The molecule has 0 fully saturated rings. The first-order valence-electron chi connectivity index (χ1n) is 8.18. The number of nitrogens with one attached hydrogen (secondary N) is 2. The highest BCUT2D eigenvalue weighted by molar-refractivity contribution is 6.31. The molecule has 2 N–H and O–H groups in total. The van der Waals surface area contributed by atoms with E-state index in [4.69, 9.17) is 16.3 Å². The topological polar surface area (TPSA) is 67.4 Å². The smallest absolute Gasteiger partial charge is 0.257 e. The van der Waals surface area contributed by atoms with Crippen LogP contribution in [-0.4, -0.2) is 18.9 Å². The Kier molecular flexibility index (Phi) is 5.74. The highest BCUT2D eigenvalue weighted by Crippen LogP contribution is 2.20. The van der Waals surface area contributed by atoms with E-state index in [1.807, 2.05) is 0 Å². The summed E-state index contributed by atoms with van der Waals surface area (Å²) >= 11 is 5.93. The van der Waals surface area contributed by atoms with Gasteiger partial charge in [0.05, 0.1) is 18.4 Å². The van der Waals surface area contributed by atoms with Gasteiger partial charge < -0.3 is 15.4 Å². The zero-order valence-electron chi connectivity index (χ0n) is 14.5. The van der Waals surface area contributed by atoms with Crippen LogP contribution in [0.5, 0.6) is 5.75 Å². The first-order chi connectivity index (χ1) is 13.1. The van der Waals surface area contributed by atoms with Crippen molar-refractivity contribution in [1.82, 2.24) is 0 Å². The summed E-state index contributed by atoms with van der Waals surface area (Å²) in [4.78, 5) is 25.1. The molecule has 27 heavy (non-hydrogen) atoms. The Morgan fingerprint density at radius 1 is 0.852 bits per heavy atom. The van der Waals surface area contributed by atoms with Crippen LogP contribution in [0.15, 0.2) is 72.8 Å². The Morgan fingerprint density at radius 3 is 2.30 bits per heavy atom. The summed E-state index contributed by atoms with van der Waals surface area (Å²) in [6, 6.07) is 20.4. The van der Waals surface area contributed by atoms with Crippen molar-refractivity contribution in [3.8, 4) is 5.75 Å². The molecule has 0 bridgehead atoms. The predicted molar refractivity (Wildman–Crippen MR) is 107 cm³/mol. The van der Waals surface area contributed by atoms with Gasteiger partial charge in [0.25, 0.3) is 11.8 Å². The highest BCUT2D eigenvalue weighted by Gasteiger charge is 2.14. The minimum absolute atomic E-state index is 0.331. The molecular weight excluding hydrogens is 364 g/mol. The lowest BCUT2D eigenvalue weighted by Crippen LogP contribution is -2.18. The number of hydrogen-bond acceptors (Lipinski definition) is 3. The Morgan fingerprint density at radius 2 is 1.59 bits per heavy atom. The van der Waals surface area contributed by atoms with Crippen molar-refractivity contribution < 1.29 is 14.3 Å². The van der Waals surface area contributed by atoms with E-state index in [9.17, 15) is 9.59 Å². The standard InChI is InChI=1S/C21H17ClN2O3/c1-27-17-11-9-16(10-12-17)23-21(26)18-7-2-3-8-19(18)24-20(25)14-5-4-6-15(22)13-14/h2-13H,1H3,(H,23,26)(H,24,25). The fraction of sp³-hybridized carbons (Fsp3) is 0.0476. The van der Waals surface area contributed by atoms with Gasteiger partial charge in [0.2, 0.25) is 0 Å². The first kappa shape index (κ1) is 18.5. The number of para-hydroxylation sites is 1. The molecule has 0 saturated carbocycles. The minimum atomic E-state index is -0.345. The van der Waals surface area contributed by atoms with E-state index in [0.29, 0.717) is 33.3 Å². The number of hydrogen-bond donors (Lipinski definition) is 2. The second kappa shape index (κ2) is 8.38. The summed E-state index contributed by atoms with van der Waals surface area (Å²) in [5, 5.41) is 6.03. The third-order valence-corrected chi connectivity index (χ3v) is 4.09. The van der Waals surface area contributed by atoms with Gasteiger partial charge in [-0.2, -0.15) is 0 Å². The van der Waals surface area contributed by atoms with Gasteiger partial charge in [0.15, 0.2) is 0 Å². The Labute approximate surface area is 161 Å². The number of methoxy groups -OCH3 is 1. The average Bonchev–Trinajstić information content (AvgIpc) is 2.69. The number of ether oxygens (including phenoxy) is 1. The minimum Gasteiger partial charge on any atom is -0.497 e. The van der Waals surface area contributed by atoms with Gasteiger partial charge in [-0.1, -0.05) is 29.8 Å². The van der Waals surface area contributed by atoms with Crippen LogP contribution < -0.4 is 15.4 Å². The Bertz CT molecular complexity index is 971. The second-order valence-corrected chi connectivity index (χ2v) is 6.13. The predicted octanol–water partition coefficient (Wildman–Crippen LogP) is 4.85. The molecule has 3 aromatic carbocycles. The molecule has 3 rings (SSSR count). The van der Waals surface area contributed by atoms with Gasteiger partial charge in [-0.05, 0) is 54.6 Å². The SMILES string of the molecule is COc1ccc(NC(=O)c2ccccc2NC(=O)c2cccc(Cl)c2)cc1.